The molecule has 0 spiro atoms. The number of fused-ring (bicyclic) bond motifs is 1. The number of ether oxygens (including phenoxy) is 1. The quantitative estimate of drug-likeness (QED) is 0.160. The highest BCUT2D eigenvalue weighted by atomic mass is 35.5. The van der Waals surface area contributed by atoms with Crippen LogP contribution in [-0.2, 0) is 18.4 Å². The van der Waals surface area contributed by atoms with Gasteiger partial charge in [0.1, 0.15) is 29.3 Å². The Hall–Kier alpha value is -1.96. The second-order valence-electron chi connectivity index (χ2n) is 8.49. The van der Waals surface area contributed by atoms with E-state index >= 15 is 0 Å². The molecule has 37 heavy (non-hydrogen) atoms. The number of aromatic nitrogens is 3. The molecule has 1 fully saturated rings. The maximum Gasteiger partial charge on any atom is 0.340 e. The fraction of sp³-hybridized carbons (Fsp3) is 0.400. The van der Waals surface area contributed by atoms with E-state index in [0.29, 0.717) is 16.6 Å². The van der Waals surface area contributed by atoms with Crippen LogP contribution in [0, 0.1) is 5.82 Å². The second kappa shape index (κ2) is 10.7. The van der Waals surface area contributed by atoms with Gasteiger partial charge in [0.05, 0.1) is 29.9 Å². The molecule has 1 saturated heterocycles. The molecular formula is C20H24ClFN4O9P2. The molecule has 4 rings (SSSR count). The Labute approximate surface area is 214 Å². The highest BCUT2D eigenvalue weighted by Crippen LogP contribution is 2.55. The zero-order chi connectivity index (χ0) is 27.1. The summed E-state index contributed by atoms with van der Waals surface area (Å²) in [4.78, 5) is 31.7. The van der Waals surface area contributed by atoms with Crippen molar-refractivity contribution in [2.75, 3.05) is 17.8 Å². The Bertz CT molecular complexity index is 1390. The first-order valence-corrected chi connectivity index (χ1v) is 14.8. The van der Waals surface area contributed by atoms with Gasteiger partial charge in [-0.3, -0.25) is 9.13 Å². The number of rotatable bonds is 9. The van der Waals surface area contributed by atoms with E-state index in [1.807, 2.05) is 0 Å². The molecule has 1 aliphatic heterocycles. The molecular weight excluding hydrogens is 557 g/mol. The number of pyridine rings is 1. The van der Waals surface area contributed by atoms with Gasteiger partial charge in [0.2, 0.25) is 0 Å². The molecule has 3 aromatic rings. The zero-order valence-corrected chi connectivity index (χ0v) is 21.7. The monoisotopic (exact) mass is 580 g/mol. The van der Waals surface area contributed by atoms with Crippen molar-refractivity contribution in [1.82, 2.24) is 14.8 Å². The first kappa shape index (κ1) is 28.1. The number of halogens is 2. The van der Waals surface area contributed by atoms with Gasteiger partial charge in [-0.05, 0) is 19.1 Å². The molecule has 1 aliphatic rings. The van der Waals surface area contributed by atoms with Crippen LogP contribution in [0.2, 0.25) is 5.15 Å². The first-order valence-electron chi connectivity index (χ1n) is 10.8. The molecule has 0 saturated carbocycles. The van der Waals surface area contributed by atoms with Crippen LogP contribution >= 0.6 is 26.8 Å². The number of benzene rings is 1. The summed E-state index contributed by atoms with van der Waals surface area (Å²) in [5.41, 5.74) is 1.03. The van der Waals surface area contributed by atoms with Crippen molar-refractivity contribution in [3.8, 4) is 0 Å². The van der Waals surface area contributed by atoms with Crippen LogP contribution in [0.4, 0.5) is 10.1 Å². The molecule has 1 aromatic carbocycles. The van der Waals surface area contributed by atoms with Gasteiger partial charge < -0.3 is 39.5 Å². The van der Waals surface area contributed by atoms with Crippen LogP contribution in [0.1, 0.15) is 24.8 Å². The van der Waals surface area contributed by atoms with Crippen molar-refractivity contribution in [1.29, 1.82) is 0 Å². The van der Waals surface area contributed by atoms with Gasteiger partial charge in [-0.25, -0.2) is 14.1 Å². The van der Waals surface area contributed by atoms with E-state index in [4.69, 9.17) is 30.6 Å². The number of anilines is 1. The molecule has 0 amide bonds. The minimum Gasteiger partial charge on any atom is -0.387 e. The van der Waals surface area contributed by atoms with E-state index in [0.717, 1.165) is 4.68 Å². The van der Waals surface area contributed by atoms with Crippen LogP contribution in [0.5, 0.6) is 0 Å². The lowest BCUT2D eigenvalue weighted by atomic mass is 10.1. The van der Waals surface area contributed by atoms with Gasteiger partial charge in [0.25, 0.3) is 0 Å². The smallest absolute Gasteiger partial charge is 0.340 e. The Morgan fingerprint density at radius 3 is 2.62 bits per heavy atom. The van der Waals surface area contributed by atoms with Crippen molar-refractivity contribution in [3.05, 3.63) is 53.1 Å². The lowest BCUT2D eigenvalue weighted by Crippen LogP contribution is -2.33. The zero-order valence-electron chi connectivity index (χ0n) is 19.1. The van der Waals surface area contributed by atoms with Gasteiger partial charge in [-0.15, -0.1) is 0 Å². The van der Waals surface area contributed by atoms with Crippen LogP contribution in [-0.4, -0.2) is 70.5 Å². The third-order valence-corrected chi connectivity index (χ3v) is 9.31. The van der Waals surface area contributed by atoms with Gasteiger partial charge >= 0.3 is 15.2 Å². The van der Waals surface area contributed by atoms with Crippen molar-refractivity contribution < 1.29 is 47.7 Å². The van der Waals surface area contributed by atoms with E-state index in [2.05, 4.69) is 15.4 Å². The Balaban J connectivity index is 1.56. The third kappa shape index (κ3) is 6.37. The summed E-state index contributed by atoms with van der Waals surface area (Å²) >= 11 is 6.20. The SMILES string of the molecule is C[C@H](Nc1cc(Cl)nc2c1cnn2[C@@H]1O[C@H](COP(=O)(O)CP(=O)(O)O)[C@H](O)[C@H]1O)c1ccccc1F. The van der Waals surface area contributed by atoms with Crippen LogP contribution in [0.3, 0.4) is 0 Å². The van der Waals surface area contributed by atoms with Crippen molar-refractivity contribution >= 4 is 43.5 Å². The van der Waals surface area contributed by atoms with E-state index in [1.54, 1.807) is 25.1 Å². The third-order valence-electron chi connectivity index (χ3n) is 5.66. The summed E-state index contributed by atoms with van der Waals surface area (Å²) in [6, 6.07) is 7.31. The Morgan fingerprint density at radius 2 is 1.95 bits per heavy atom. The molecule has 6 N–H and O–H groups in total. The van der Waals surface area contributed by atoms with E-state index < -0.39 is 64.1 Å². The summed E-state index contributed by atoms with van der Waals surface area (Å²) in [5.74, 6) is -1.81. The second-order valence-corrected chi connectivity index (χ2v) is 12.9. The van der Waals surface area contributed by atoms with E-state index in [1.165, 1.54) is 18.3 Å². The predicted octanol–water partition coefficient (Wildman–Crippen LogP) is 2.35. The molecule has 6 atom stereocenters. The Kier molecular flexibility index (Phi) is 8.08. The summed E-state index contributed by atoms with van der Waals surface area (Å²) in [5, 5.41) is 28.8. The number of aliphatic hydroxyl groups is 2. The Morgan fingerprint density at radius 1 is 1.24 bits per heavy atom. The molecule has 0 bridgehead atoms. The molecule has 3 heterocycles. The summed E-state index contributed by atoms with van der Waals surface area (Å²) in [7, 11) is -9.56. The minimum absolute atomic E-state index is 0.0454. The molecule has 202 valence electrons. The molecule has 1 unspecified atom stereocenters. The number of hydrogen-bond acceptors (Lipinski definition) is 9. The van der Waals surface area contributed by atoms with Crippen molar-refractivity contribution in [2.24, 2.45) is 0 Å². The molecule has 17 heteroatoms. The lowest BCUT2D eigenvalue weighted by Gasteiger charge is -2.19. The maximum atomic E-state index is 14.2. The van der Waals surface area contributed by atoms with E-state index in [-0.39, 0.29) is 10.8 Å². The van der Waals surface area contributed by atoms with Crippen molar-refractivity contribution in [2.45, 2.75) is 37.5 Å². The van der Waals surface area contributed by atoms with Gasteiger partial charge in [0, 0.05) is 5.56 Å². The van der Waals surface area contributed by atoms with Crippen LogP contribution < -0.4 is 5.32 Å². The van der Waals surface area contributed by atoms with Gasteiger partial charge in [-0.1, -0.05) is 29.8 Å². The average Bonchev–Trinajstić information content (AvgIpc) is 3.32. The topological polar surface area (TPSA) is 196 Å². The lowest BCUT2D eigenvalue weighted by molar-refractivity contribution is -0.0541. The largest absolute Gasteiger partial charge is 0.387 e. The average molecular weight is 581 g/mol. The number of nitrogens with one attached hydrogen (secondary N) is 1. The van der Waals surface area contributed by atoms with Gasteiger partial charge in [-0.2, -0.15) is 5.10 Å². The highest BCUT2D eigenvalue weighted by Gasteiger charge is 2.46. The highest BCUT2D eigenvalue weighted by molar-refractivity contribution is 7.70. The number of aliphatic hydroxyl groups excluding tert-OH is 2. The molecule has 0 aliphatic carbocycles. The fourth-order valence-electron chi connectivity index (χ4n) is 3.96. The van der Waals surface area contributed by atoms with Crippen molar-refractivity contribution in [3.63, 3.8) is 0 Å². The van der Waals surface area contributed by atoms with Crippen LogP contribution in [0.25, 0.3) is 11.0 Å². The minimum atomic E-state index is -4.85. The summed E-state index contributed by atoms with van der Waals surface area (Å²) in [6.45, 7) is 1.00. The normalized spacial score (nSPS) is 24.8. The molecule has 0 radical (unpaired) electrons. The number of nitrogens with zero attached hydrogens (tertiary/aromatic N) is 3. The standard InChI is InChI=1S/C20H24ClFN4O9P2/c1-10(11-4-2-3-5-13(11)22)24-14-6-16(21)25-19-12(14)7-23-26(19)20-18(28)17(27)15(35-20)8-34-37(32,33)9-36(29,30)31/h2-7,10,15,17-18,20,27-28H,8-9H2,1H3,(H,24,25)(H,32,33)(H2,29,30,31)/t10-,15+,17-,18+,20+/m0/s1. The van der Waals surface area contributed by atoms with Crippen LogP contribution in [0.15, 0.2) is 36.5 Å². The predicted molar refractivity (Wildman–Crippen MR) is 130 cm³/mol. The number of hydrogen-bond donors (Lipinski definition) is 6. The van der Waals surface area contributed by atoms with Gasteiger partial charge in [0.15, 0.2) is 17.8 Å². The summed E-state index contributed by atoms with van der Waals surface area (Å²) in [6.07, 6.45) is -4.43. The first-order chi connectivity index (χ1) is 17.3. The maximum absolute atomic E-state index is 14.2. The molecule has 2 aromatic heterocycles. The van der Waals surface area contributed by atoms with E-state index in [9.17, 15) is 28.6 Å². The summed E-state index contributed by atoms with van der Waals surface area (Å²) < 4.78 is 48.6. The molecule has 13 nitrogen and oxygen atoms in total. The fourth-order valence-corrected chi connectivity index (χ4v) is 6.72.